The number of carbonyl (C=O) groups is 2. The number of piperazine rings is 1. The van der Waals surface area contributed by atoms with Crippen LogP contribution in [-0.2, 0) is 0 Å². The van der Waals surface area contributed by atoms with Crippen LogP contribution in [0.3, 0.4) is 0 Å². The van der Waals surface area contributed by atoms with Crippen molar-refractivity contribution in [2.75, 3.05) is 26.2 Å². The van der Waals surface area contributed by atoms with Crippen molar-refractivity contribution in [1.82, 2.24) is 19.8 Å². The van der Waals surface area contributed by atoms with E-state index in [1.54, 1.807) is 52.7 Å². The van der Waals surface area contributed by atoms with Gasteiger partial charge in [-0.1, -0.05) is 0 Å². The van der Waals surface area contributed by atoms with Gasteiger partial charge in [0.05, 0.1) is 5.56 Å². The minimum Gasteiger partial charge on any atom is -0.357 e. The van der Waals surface area contributed by atoms with E-state index in [4.69, 9.17) is 0 Å². The molecule has 0 unspecified atom stereocenters. The van der Waals surface area contributed by atoms with Gasteiger partial charge in [-0.2, -0.15) is 0 Å². The van der Waals surface area contributed by atoms with E-state index in [1.807, 2.05) is 0 Å². The molecule has 6 heteroatoms. The maximum Gasteiger partial charge on any atom is 0.270 e. The molecule has 3 heterocycles. The van der Waals surface area contributed by atoms with E-state index in [9.17, 15) is 9.59 Å². The van der Waals surface area contributed by atoms with E-state index in [2.05, 4.69) is 9.97 Å². The molecule has 1 fully saturated rings. The van der Waals surface area contributed by atoms with Crippen molar-refractivity contribution in [3.05, 3.63) is 54.1 Å². The van der Waals surface area contributed by atoms with Crippen LogP contribution in [0.1, 0.15) is 20.8 Å². The molecular weight excluding hydrogens is 268 g/mol. The SMILES string of the molecule is O=C(c1cccnc1)N1CCN(C(=O)c2ccc[nH]2)CC1. The Labute approximate surface area is 122 Å². The highest BCUT2D eigenvalue weighted by Gasteiger charge is 2.25. The first-order chi connectivity index (χ1) is 10.3. The summed E-state index contributed by atoms with van der Waals surface area (Å²) >= 11 is 0. The van der Waals surface area contributed by atoms with E-state index in [1.165, 1.54) is 0 Å². The van der Waals surface area contributed by atoms with Gasteiger partial charge in [-0.05, 0) is 24.3 Å². The van der Waals surface area contributed by atoms with Gasteiger partial charge in [-0.3, -0.25) is 14.6 Å². The van der Waals surface area contributed by atoms with Gasteiger partial charge < -0.3 is 14.8 Å². The first kappa shape index (κ1) is 13.4. The van der Waals surface area contributed by atoms with Crippen molar-refractivity contribution >= 4 is 11.8 Å². The fourth-order valence-corrected chi connectivity index (χ4v) is 2.42. The average Bonchev–Trinajstić information content (AvgIpc) is 3.09. The minimum absolute atomic E-state index is 0.0199. The molecule has 0 aliphatic carbocycles. The molecule has 1 N–H and O–H groups in total. The summed E-state index contributed by atoms with van der Waals surface area (Å²) in [6.07, 6.45) is 4.94. The zero-order valence-corrected chi connectivity index (χ0v) is 11.5. The molecule has 6 nitrogen and oxygen atoms in total. The summed E-state index contributed by atoms with van der Waals surface area (Å²) in [5.74, 6) is -0.0523. The molecule has 0 radical (unpaired) electrons. The lowest BCUT2D eigenvalue weighted by atomic mass is 10.2. The predicted octanol–water partition coefficient (Wildman–Crippen LogP) is 1.01. The second-order valence-electron chi connectivity index (χ2n) is 4.91. The second kappa shape index (κ2) is 5.78. The monoisotopic (exact) mass is 284 g/mol. The summed E-state index contributed by atoms with van der Waals surface area (Å²) in [6.45, 7) is 2.17. The molecule has 0 atom stereocenters. The number of nitrogens with one attached hydrogen (secondary N) is 1. The summed E-state index contributed by atoms with van der Waals surface area (Å²) in [5, 5.41) is 0. The molecular formula is C15H16N4O2. The van der Waals surface area contributed by atoms with Crippen LogP contribution in [0.25, 0.3) is 0 Å². The van der Waals surface area contributed by atoms with Crippen molar-refractivity contribution < 1.29 is 9.59 Å². The van der Waals surface area contributed by atoms with Crippen molar-refractivity contribution in [2.24, 2.45) is 0 Å². The Kier molecular flexibility index (Phi) is 3.68. The molecule has 0 aromatic carbocycles. The summed E-state index contributed by atoms with van der Waals surface area (Å²) in [7, 11) is 0. The number of nitrogens with zero attached hydrogens (tertiary/aromatic N) is 3. The van der Waals surface area contributed by atoms with Gasteiger partial charge in [-0.15, -0.1) is 0 Å². The fraction of sp³-hybridized carbons (Fsp3) is 0.267. The highest BCUT2D eigenvalue weighted by molar-refractivity contribution is 5.95. The van der Waals surface area contributed by atoms with Crippen LogP contribution < -0.4 is 0 Å². The lowest BCUT2D eigenvalue weighted by molar-refractivity contribution is 0.0532. The quantitative estimate of drug-likeness (QED) is 0.894. The average molecular weight is 284 g/mol. The van der Waals surface area contributed by atoms with E-state index < -0.39 is 0 Å². The Morgan fingerprint density at radius 3 is 2.29 bits per heavy atom. The zero-order valence-electron chi connectivity index (χ0n) is 11.5. The van der Waals surface area contributed by atoms with Crippen molar-refractivity contribution in [3.63, 3.8) is 0 Å². The number of amides is 2. The van der Waals surface area contributed by atoms with Crippen molar-refractivity contribution in [3.8, 4) is 0 Å². The fourth-order valence-electron chi connectivity index (χ4n) is 2.42. The molecule has 2 aromatic rings. The molecule has 0 saturated carbocycles. The molecule has 21 heavy (non-hydrogen) atoms. The Balaban J connectivity index is 1.60. The Bertz CT molecular complexity index is 616. The Hall–Kier alpha value is -2.63. The van der Waals surface area contributed by atoms with Gasteiger partial charge in [0.2, 0.25) is 0 Å². The Morgan fingerprint density at radius 1 is 1.00 bits per heavy atom. The van der Waals surface area contributed by atoms with Gasteiger partial charge in [-0.25, -0.2) is 0 Å². The Morgan fingerprint density at radius 2 is 1.71 bits per heavy atom. The predicted molar refractivity (Wildman–Crippen MR) is 76.8 cm³/mol. The second-order valence-corrected chi connectivity index (χ2v) is 4.91. The number of hydrogen-bond acceptors (Lipinski definition) is 3. The third kappa shape index (κ3) is 2.79. The maximum absolute atomic E-state index is 12.3. The molecule has 0 spiro atoms. The molecule has 2 amide bonds. The van der Waals surface area contributed by atoms with Gasteiger partial charge in [0.1, 0.15) is 5.69 Å². The summed E-state index contributed by atoms with van der Waals surface area (Å²) in [6, 6.07) is 7.06. The van der Waals surface area contributed by atoms with E-state index in [-0.39, 0.29) is 11.8 Å². The van der Waals surface area contributed by atoms with Crippen LogP contribution in [0.2, 0.25) is 0 Å². The van der Waals surface area contributed by atoms with Crippen LogP contribution >= 0.6 is 0 Å². The number of rotatable bonds is 2. The molecule has 1 aliphatic rings. The third-order valence-corrected chi connectivity index (χ3v) is 3.59. The van der Waals surface area contributed by atoms with E-state index in [0.717, 1.165) is 0 Å². The number of hydrogen-bond donors (Lipinski definition) is 1. The van der Waals surface area contributed by atoms with Crippen LogP contribution in [0.5, 0.6) is 0 Å². The first-order valence-corrected chi connectivity index (χ1v) is 6.87. The minimum atomic E-state index is -0.0323. The van der Waals surface area contributed by atoms with E-state index >= 15 is 0 Å². The van der Waals surface area contributed by atoms with Crippen LogP contribution in [0.15, 0.2) is 42.9 Å². The highest BCUT2D eigenvalue weighted by atomic mass is 16.2. The highest BCUT2D eigenvalue weighted by Crippen LogP contribution is 2.10. The normalized spacial score (nSPS) is 15.0. The van der Waals surface area contributed by atoms with Crippen molar-refractivity contribution in [1.29, 1.82) is 0 Å². The van der Waals surface area contributed by atoms with Crippen LogP contribution in [0, 0.1) is 0 Å². The first-order valence-electron chi connectivity index (χ1n) is 6.87. The molecule has 2 aromatic heterocycles. The molecule has 1 saturated heterocycles. The number of pyridine rings is 1. The number of aromatic nitrogens is 2. The summed E-state index contributed by atoms with van der Waals surface area (Å²) in [5.41, 5.74) is 1.17. The lowest BCUT2D eigenvalue weighted by Gasteiger charge is -2.34. The van der Waals surface area contributed by atoms with Crippen LogP contribution in [-0.4, -0.2) is 57.8 Å². The van der Waals surface area contributed by atoms with Crippen LogP contribution in [0.4, 0.5) is 0 Å². The molecule has 3 rings (SSSR count). The van der Waals surface area contributed by atoms with Crippen molar-refractivity contribution in [2.45, 2.75) is 0 Å². The molecule has 108 valence electrons. The topological polar surface area (TPSA) is 69.3 Å². The number of aromatic amines is 1. The summed E-state index contributed by atoms with van der Waals surface area (Å²) < 4.78 is 0. The third-order valence-electron chi connectivity index (χ3n) is 3.59. The largest absolute Gasteiger partial charge is 0.357 e. The number of H-pyrrole nitrogens is 1. The van der Waals surface area contributed by atoms with Gasteiger partial charge >= 0.3 is 0 Å². The summed E-state index contributed by atoms with van der Waals surface area (Å²) in [4.78, 5) is 34.9. The maximum atomic E-state index is 12.3. The van der Waals surface area contributed by atoms with Gasteiger partial charge in [0.15, 0.2) is 0 Å². The molecule has 1 aliphatic heterocycles. The molecule has 0 bridgehead atoms. The smallest absolute Gasteiger partial charge is 0.270 e. The number of carbonyl (C=O) groups excluding carboxylic acids is 2. The van der Waals surface area contributed by atoms with Gasteiger partial charge in [0, 0.05) is 44.8 Å². The van der Waals surface area contributed by atoms with Gasteiger partial charge in [0.25, 0.3) is 11.8 Å². The lowest BCUT2D eigenvalue weighted by Crippen LogP contribution is -2.50. The standard InChI is InChI=1S/C15H16N4O2/c20-14(12-3-1-5-16-11-12)18-7-9-19(10-8-18)15(21)13-4-2-6-17-13/h1-6,11,17H,7-10H2. The zero-order chi connectivity index (χ0) is 14.7. The van der Waals surface area contributed by atoms with E-state index in [0.29, 0.717) is 37.4 Å².